The second-order valence-electron chi connectivity index (χ2n) is 7.09. The minimum atomic E-state index is -0.771. The molecule has 0 unspecified atom stereocenters. The summed E-state index contributed by atoms with van der Waals surface area (Å²) in [4.78, 5) is 26.9. The Kier molecular flexibility index (Phi) is 5.00. The second kappa shape index (κ2) is 7.59. The molecule has 28 heavy (non-hydrogen) atoms. The lowest BCUT2D eigenvalue weighted by Crippen LogP contribution is -2.44. The molecular weight excluding hydrogens is 361 g/mol. The molecule has 3 amide bonds. The molecule has 2 N–H and O–H groups in total. The lowest BCUT2D eigenvalue weighted by atomic mass is 9.73. The average molecular weight is 383 g/mol. The van der Waals surface area contributed by atoms with Crippen molar-refractivity contribution in [1.29, 1.82) is 0 Å². The molecule has 0 aromatic heterocycles. The number of hydrogen-bond donors (Lipinski definition) is 2. The summed E-state index contributed by atoms with van der Waals surface area (Å²) < 4.78 is 18.9. The van der Waals surface area contributed by atoms with E-state index in [2.05, 4.69) is 10.6 Å². The number of urea groups is 1. The summed E-state index contributed by atoms with van der Waals surface area (Å²) in [5, 5.41) is 5.76. The van der Waals surface area contributed by atoms with E-state index in [-0.39, 0.29) is 17.8 Å². The summed E-state index contributed by atoms with van der Waals surface area (Å²) in [5.74, 6) is -0.478. The van der Waals surface area contributed by atoms with Gasteiger partial charge in [-0.05, 0) is 48.7 Å². The van der Waals surface area contributed by atoms with Gasteiger partial charge in [-0.3, -0.25) is 9.69 Å². The highest BCUT2D eigenvalue weighted by atomic mass is 19.1. The largest absolute Gasteiger partial charge is 0.381 e. The molecule has 6 nitrogen and oxygen atoms in total. The van der Waals surface area contributed by atoms with Gasteiger partial charge in [0.2, 0.25) is 5.91 Å². The van der Waals surface area contributed by atoms with Gasteiger partial charge in [-0.2, -0.15) is 0 Å². The van der Waals surface area contributed by atoms with E-state index in [1.54, 1.807) is 29.2 Å². The molecule has 4 rings (SSSR count). The van der Waals surface area contributed by atoms with Crippen LogP contribution in [0.3, 0.4) is 0 Å². The summed E-state index contributed by atoms with van der Waals surface area (Å²) in [6, 6.07) is 13.2. The van der Waals surface area contributed by atoms with Crippen LogP contribution in [0.5, 0.6) is 0 Å². The molecule has 0 saturated carbocycles. The molecular formula is C21H22FN3O3. The van der Waals surface area contributed by atoms with E-state index >= 15 is 0 Å². The third-order valence-electron chi connectivity index (χ3n) is 5.45. The van der Waals surface area contributed by atoms with Crippen molar-refractivity contribution in [2.75, 3.05) is 36.5 Å². The molecule has 2 aromatic rings. The van der Waals surface area contributed by atoms with Crippen LogP contribution in [0.25, 0.3) is 0 Å². The van der Waals surface area contributed by atoms with Crippen molar-refractivity contribution in [3.63, 3.8) is 0 Å². The predicted molar refractivity (Wildman–Crippen MR) is 104 cm³/mol. The third-order valence-corrected chi connectivity index (χ3v) is 5.45. The van der Waals surface area contributed by atoms with Crippen LogP contribution in [0.2, 0.25) is 0 Å². The maximum absolute atomic E-state index is 13.4. The molecule has 2 aromatic carbocycles. The van der Waals surface area contributed by atoms with Gasteiger partial charge < -0.3 is 15.4 Å². The Balaban J connectivity index is 1.60. The zero-order valence-electron chi connectivity index (χ0n) is 15.4. The van der Waals surface area contributed by atoms with Crippen molar-refractivity contribution in [1.82, 2.24) is 5.32 Å². The van der Waals surface area contributed by atoms with Gasteiger partial charge in [0.25, 0.3) is 0 Å². The summed E-state index contributed by atoms with van der Waals surface area (Å²) in [6.45, 7) is 2.13. The summed E-state index contributed by atoms with van der Waals surface area (Å²) in [6.07, 6.45) is 1.05. The number of halogens is 1. The molecule has 2 fully saturated rings. The van der Waals surface area contributed by atoms with E-state index in [1.807, 2.05) is 12.1 Å². The van der Waals surface area contributed by atoms with Crippen molar-refractivity contribution < 1.29 is 18.7 Å². The summed E-state index contributed by atoms with van der Waals surface area (Å²) in [7, 11) is 0. The minimum absolute atomic E-state index is 0.143. The van der Waals surface area contributed by atoms with Crippen molar-refractivity contribution in [2.45, 2.75) is 18.3 Å². The highest BCUT2D eigenvalue weighted by Crippen LogP contribution is 2.36. The number of benzene rings is 2. The fourth-order valence-corrected chi connectivity index (χ4v) is 3.86. The van der Waals surface area contributed by atoms with E-state index in [0.717, 1.165) is 11.3 Å². The molecule has 0 bridgehead atoms. The molecule has 2 saturated heterocycles. The number of nitrogens with zero attached hydrogens (tertiary/aromatic N) is 1. The second-order valence-corrected chi connectivity index (χ2v) is 7.09. The van der Waals surface area contributed by atoms with Gasteiger partial charge in [-0.1, -0.05) is 18.2 Å². The molecule has 7 heteroatoms. The lowest BCUT2D eigenvalue weighted by molar-refractivity contribution is -0.125. The molecule has 0 spiro atoms. The monoisotopic (exact) mass is 383 g/mol. The van der Waals surface area contributed by atoms with E-state index < -0.39 is 5.41 Å². The van der Waals surface area contributed by atoms with Crippen LogP contribution in [-0.4, -0.2) is 38.2 Å². The van der Waals surface area contributed by atoms with E-state index in [1.165, 1.54) is 12.1 Å². The first kappa shape index (κ1) is 18.4. The van der Waals surface area contributed by atoms with Crippen molar-refractivity contribution in [2.24, 2.45) is 0 Å². The quantitative estimate of drug-likeness (QED) is 0.853. The zero-order chi connectivity index (χ0) is 19.6. The smallest absolute Gasteiger partial charge is 0.321 e. The van der Waals surface area contributed by atoms with Crippen LogP contribution in [0.15, 0.2) is 48.5 Å². The van der Waals surface area contributed by atoms with Crippen LogP contribution in [0, 0.1) is 5.82 Å². The Labute approximate surface area is 162 Å². The van der Waals surface area contributed by atoms with Crippen LogP contribution < -0.4 is 15.5 Å². The number of ether oxygens (including phenoxy) is 1. The van der Waals surface area contributed by atoms with Crippen molar-refractivity contribution >= 4 is 23.3 Å². The molecule has 2 aliphatic rings. The van der Waals surface area contributed by atoms with Gasteiger partial charge in [0.15, 0.2) is 0 Å². The van der Waals surface area contributed by atoms with E-state index in [4.69, 9.17) is 4.74 Å². The first-order valence-electron chi connectivity index (χ1n) is 9.39. The highest BCUT2D eigenvalue weighted by molar-refractivity contribution is 6.00. The molecule has 0 atom stereocenters. The van der Waals surface area contributed by atoms with Gasteiger partial charge >= 0.3 is 6.03 Å². The average Bonchev–Trinajstić information content (AvgIpc) is 3.15. The number of hydrogen-bond acceptors (Lipinski definition) is 3. The Bertz CT molecular complexity index is 879. The van der Waals surface area contributed by atoms with Gasteiger partial charge in [-0.25, -0.2) is 9.18 Å². The fourth-order valence-electron chi connectivity index (χ4n) is 3.86. The maximum atomic E-state index is 13.4. The van der Waals surface area contributed by atoms with Crippen LogP contribution in [-0.2, 0) is 14.9 Å². The van der Waals surface area contributed by atoms with Gasteiger partial charge in [0.05, 0.1) is 5.41 Å². The third kappa shape index (κ3) is 3.45. The number of anilines is 2. The first-order chi connectivity index (χ1) is 13.6. The summed E-state index contributed by atoms with van der Waals surface area (Å²) in [5.41, 5.74) is 1.36. The normalized spacial score (nSPS) is 18.6. The zero-order valence-corrected chi connectivity index (χ0v) is 15.4. The Hall–Kier alpha value is -2.93. The standard InChI is InChI=1S/C21H22FN3O3/c22-16-6-4-15(5-7-16)21(8-12-28-13-9-21)19(26)24-17-2-1-3-18(14-17)25-11-10-23-20(25)27/h1-7,14H,8-13H2,(H,23,27)(H,24,26). The SMILES string of the molecule is O=C1NCCN1c1cccc(NC(=O)C2(c3ccc(F)cc3)CCOCC2)c1. The van der Waals surface area contributed by atoms with Gasteiger partial charge in [0.1, 0.15) is 5.82 Å². The number of carbonyl (C=O) groups excluding carboxylic acids is 2. The van der Waals surface area contributed by atoms with Crippen LogP contribution >= 0.6 is 0 Å². The number of carbonyl (C=O) groups is 2. The number of amides is 3. The highest BCUT2D eigenvalue weighted by Gasteiger charge is 2.41. The number of nitrogens with one attached hydrogen (secondary N) is 2. The van der Waals surface area contributed by atoms with Crippen molar-refractivity contribution in [3.05, 3.63) is 59.9 Å². The molecule has 0 aliphatic carbocycles. The predicted octanol–water partition coefficient (Wildman–Crippen LogP) is 3.04. The molecule has 2 heterocycles. The van der Waals surface area contributed by atoms with Gasteiger partial charge in [-0.15, -0.1) is 0 Å². The van der Waals surface area contributed by atoms with Crippen LogP contribution in [0.1, 0.15) is 18.4 Å². The van der Waals surface area contributed by atoms with E-state index in [0.29, 0.717) is 44.8 Å². The fraction of sp³-hybridized carbons (Fsp3) is 0.333. The van der Waals surface area contributed by atoms with Crippen LogP contribution in [0.4, 0.5) is 20.6 Å². The lowest BCUT2D eigenvalue weighted by Gasteiger charge is -2.36. The molecule has 0 radical (unpaired) electrons. The number of rotatable bonds is 4. The minimum Gasteiger partial charge on any atom is -0.381 e. The Morgan fingerprint density at radius 2 is 1.89 bits per heavy atom. The Morgan fingerprint density at radius 1 is 1.14 bits per heavy atom. The Morgan fingerprint density at radius 3 is 2.57 bits per heavy atom. The molecule has 2 aliphatic heterocycles. The van der Waals surface area contributed by atoms with E-state index in [9.17, 15) is 14.0 Å². The topological polar surface area (TPSA) is 70.7 Å². The maximum Gasteiger partial charge on any atom is 0.321 e. The van der Waals surface area contributed by atoms with Gasteiger partial charge in [0, 0.05) is 37.7 Å². The first-order valence-corrected chi connectivity index (χ1v) is 9.39. The summed E-state index contributed by atoms with van der Waals surface area (Å²) >= 11 is 0. The molecule has 146 valence electrons. The van der Waals surface area contributed by atoms with Crippen molar-refractivity contribution in [3.8, 4) is 0 Å².